The minimum atomic E-state index is -0.601. The summed E-state index contributed by atoms with van der Waals surface area (Å²) in [5, 5.41) is 9.90. The summed E-state index contributed by atoms with van der Waals surface area (Å²) in [6, 6.07) is 0. The number of rotatable bonds is 1. The van der Waals surface area contributed by atoms with Crippen molar-refractivity contribution in [1.82, 2.24) is 4.98 Å². The van der Waals surface area contributed by atoms with Crippen LogP contribution in [0.2, 0.25) is 0 Å². The van der Waals surface area contributed by atoms with Crippen LogP contribution < -0.4 is 0 Å². The van der Waals surface area contributed by atoms with Crippen LogP contribution in [0, 0.1) is 17.0 Å². The molecule has 0 aliphatic carbocycles. The van der Waals surface area contributed by atoms with Crippen LogP contribution in [0.3, 0.4) is 0 Å². The maximum absolute atomic E-state index is 9.90. The van der Waals surface area contributed by atoms with Crippen LogP contribution in [0.4, 0.5) is 5.82 Å². The highest BCUT2D eigenvalue weighted by Crippen LogP contribution is 2.07. The van der Waals surface area contributed by atoms with Crippen molar-refractivity contribution in [3.63, 3.8) is 0 Å². The van der Waals surface area contributed by atoms with Gasteiger partial charge >= 0.3 is 11.7 Å². The molecule has 0 saturated heterocycles. The lowest BCUT2D eigenvalue weighted by atomic mass is 10.8. The van der Waals surface area contributed by atoms with Crippen molar-refractivity contribution in [2.75, 3.05) is 0 Å². The predicted molar refractivity (Wildman–Crippen MR) is 27.9 cm³/mol. The van der Waals surface area contributed by atoms with E-state index in [-0.39, 0.29) is 5.82 Å². The fourth-order valence-electron chi connectivity index (χ4n) is 0.436. The van der Waals surface area contributed by atoms with Crippen LogP contribution in [0.15, 0.2) is 10.7 Å². The number of aryl methyl sites for hydroxylation is 1. The second kappa shape index (κ2) is 1.85. The molecule has 48 valence electrons. The van der Waals surface area contributed by atoms with E-state index in [0.717, 1.165) is 6.26 Å². The largest absolute Gasteiger partial charge is 0.423 e. The van der Waals surface area contributed by atoms with Crippen molar-refractivity contribution in [2.24, 2.45) is 0 Å². The molecule has 0 saturated carbocycles. The van der Waals surface area contributed by atoms with E-state index in [4.69, 9.17) is 0 Å². The number of nitrogens with zero attached hydrogens (tertiary/aromatic N) is 2. The molecular weight excluding hydrogens is 124 g/mol. The number of hydrogen-bond acceptors (Lipinski definition) is 4. The molecule has 1 aromatic heterocycles. The van der Waals surface area contributed by atoms with Gasteiger partial charge in [0.1, 0.15) is 0 Å². The maximum atomic E-state index is 9.90. The van der Waals surface area contributed by atoms with Crippen molar-refractivity contribution >= 4 is 5.82 Å². The van der Waals surface area contributed by atoms with E-state index in [1.807, 2.05) is 0 Å². The Morgan fingerprint density at radius 1 is 1.89 bits per heavy atom. The lowest BCUT2D eigenvalue weighted by molar-refractivity contribution is -0.389. The van der Waals surface area contributed by atoms with Gasteiger partial charge in [-0.2, -0.15) is 0 Å². The normalized spacial score (nSPS) is 9.44. The van der Waals surface area contributed by atoms with Crippen molar-refractivity contribution in [2.45, 2.75) is 6.92 Å². The highest BCUT2D eigenvalue weighted by atomic mass is 16.6. The van der Waals surface area contributed by atoms with Gasteiger partial charge in [0.05, 0.1) is 0 Å². The second-order valence-corrected chi connectivity index (χ2v) is 1.48. The molecule has 0 bridgehead atoms. The van der Waals surface area contributed by atoms with Crippen molar-refractivity contribution in [3.8, 4) is 0 Å². The Kier molecular flexibility index (Phi) is 1.18. The standard InChI is InChI=1S/C4H4N2O3/c1-3-5-4(2-9-3)6(7)8/h2H,1H3. The van der Waals surface area contributed by atoms with E-state index in [2.05, 4.69) is 9.40 Å². The lowest BCUT2D eigenvalue weighted by Crippen LogP contribution is -1.86. The number of nitro groups is 1. The lowest BCUT2D eigenvalue weighted by Gasteiger charge is -1.80. The molecule has 9 heavy (non-hydrogen) atoms. The Hall–Kier alpha value is -1.39. The van der Waals surface area contributed by atoms with Crippen LogP contribution in [0.1, 0.15) is 5.89 Å². The second-order valence-electron chi connectivity index (χ2n) is 1.48. The Labute approximate surface area is 50.5 Å². The van der Waals surface area contributed by atoms with Crippen LogP contribution >= 0.6 is 0 Å². The van der Waals surface area contributed by atoms with Gasteiger partial charge in [0.25, 0.3) is 0 Å². The zero-order valence-corrected chi connectivity index (χ0v) is 4.70. The summed E-state index contributed by atoms with van der Waals surface area (Å²) in [5.74, 6) is 0.0641. The number of aromatic nitrogens is 1. The Balaban J connectivity index is 2.98. The molecule has 5 heteroatoms. The van der Waals surface area contributed by atoms with E-state index in [1.165, 1.54) is 0 Å². The first-order valence-corrected chi connectivity index (χ1v) is 2.26. The maximum Gasteiger partial charge on any atom is 0.402 e. The molecule has 1 heterocycles. The van der Waals surface area contributed by atoms with Crippen molar-refractivity contribution in [3.05, 3.63) is 22.3 Å². The summed E-state index contributed by atoms with van der Waals surface area (Å²) in [7, 11) is 0. The van der Waals surface area contributed by atoms with E-state index in [0.29, 0.717) is 5.89 Å². The van der Waals surface area contributed by atoms with Gasteiger partial charge in [-0.25, -0.2) is 0 Å². The summed E-state index contributed by atoms with van der Waals surface area (Å²) in [6.45, 7) is 1.55. The molecule has 0 N–H and O–H groups in total. The molecule has 0 aromatic carbocycles. The average Bonchev–Trinajstić information content (AvgIpc) is 2.14. The topological polar surface area (TPSA) is 69.2 Å². The highest BCUT2D eigenvalue weighted by molar-refractivity contribution is 5.10. The molecule has 0 amide bonds. The van der Waals surface area contributed by atoms with Crippen molar-refractivity contribution < 1.29 is 9.34 Å². The predicted octanol–water partition coefficient (Wildman–Crippen LogP) is 0.891. The third-order valence-electron chi connectivity index (χ3n) is 0.794. The van der Waals surface area contributed by atoms with Gasteiger partial charge in [-0.15, -0.1) is 0 Å². The first-order valence-electron chi connectivity index (χ1n) is 2.26. The van der Waals surface area contributed by atoms with Gasteiger partial charge in [-0.1, -0.05) is 0 Å². The zero-order valence-electron chi connectivity index (χ0n) is 4.70. The van der Waals surface area contributed by atoms with Crippen LogP contribution in [0.5, 0.6) is 0 Å². The summed E-state index contributed by atoms with van der Waals surface area (Å²) >= 11 is 0. The highest BCUT2D eigenvalue weighted by Gasteiger charge is 2.10. The molecule has 0 radical (unpaired) electrons. The monoisotopic (exact) mass is 128 g/mol. The Morgan fingerprint density at radius 2 is 2.56 bits per heavy atom. The average molecular weight is 128 g/mol. The van der Waals surface area contributed by atoms with Gasteiger partial charge < -0.3 is 14.5 Å². The van der Waals surface area contributed by atoms with Gasteiger partial charge in [0.15, 0.2) is 6.26 Å². The fraction of sp³-hybridized carbons (Fsp3) is 0.250. The molecule has 5 nitrogen and oxygen atoms in total. The van der Waals surface area contributed by atoms with Gasteiger partial charge in [0.2, 0.25) is 0 Å². The smallest absolute Gasteiger partial charge is 0.402 e. The van der Waals surface area contributed by atoms with Gasteiger partial charge in [-0.3, -0.25) is 0 Å². The Bertz CT molecular complexity index is 229. The Morgan fingerprint density at radius 3 is 2.78 bits per heavy atom. The zero-order chi connectivity index (χ0) is 6.85. The summed E-state index contributed by atoms with van der Waals surface area (Å²) in [4.78, 5) is 12.7. The third kappa shape index (κ3) is 1.04. The molecule has 0 spiro atoms. The van der Waals surface area contributed by atoms with Gasteiger partial charge in [-0.05, 0) is 4.92 Å². The van der Waals surface area contributed by atoms with Crippen molar-refractivity contribution in [1.29, 1.82) is 0 Å². The van der Waals surface area contributed by atoms with Crippen LogP contribution in [0.25, 0.3) is 0 Å². The quantitative estimate of drug-likeness (QED) is 0.416. The fourth-order valence-corrected chi connectivity index (χ4v) is 0.436. The minimum Gasteiger partial charge on any atom is -0.423 e. The molecule has 0 fully saturated rings. The molecule has 0 unspecified atom stereocenters. The summed E-state index contributed by atoms with van der Waals surface area (Å²) in [5.41, 5.74) is 0. The summed E-state index contributed by atoms with van der Waals surface area (Å²) in [6.07, 6.45) is 1.01. The molecule has 1 rings (SSSR count). The first kappa shape index (κ1) is 5.74. The molecular formula is C4H4N2O3. The molecule has 0 aliphatic heterocycles. The number of hydrogen-bond donors (Lipinski definition) is 0. The van der Waals surface area contributed by atoms with E-state index in [1.54, 1.807) is 6.92 Å². The van der Waals surface area contributed by atoms with Crippen LogP contribution in [-0.2, 0) is 0 Å². The van der Waals surface area contributed by atoms with Gasteiger partial charge in [0, 0.05) is 11.9 Å². The molecule has 0 aliphatic rings. The van der Waals surface area contributed by atoms with E-state index >= 15 is 0 Å². The third-order valence-corrected chi connectivity index (χ3v) is 0.794. The van der Waals surface area contributed by atoms with E-state index < -0.39 is 4.92 Å². The minimum absolute atomic E-state index is 0.243. The SMILES string of the molecule is Cc1nc([N+](=O)[O-])co1. The molecule has 0 atom stereocenters. The molecule has 1 aromatic rings. The van der Waals surface area contributed by atoms with Crippen LogP contribution in [-0.4, -0.2) is 9.91 Å². The summed E-state index contributed by atoms with van der Waals surface area (Å²) < 4.78 is 4.57. The number of oxazole rings is 1. The first-order chi connectivity index (χ1) is 4.20. The van der Waals surface area contributed by atoms with E-state index in [9.17, 15) is 10.1 Å².